The SMILES string of the molecule is O=C(O)C1CCCOC1c1csc([N+](=O)[O-])c1. The summed E-state index contributed by atoms with van der Waals surface area (Å²) in [6.07, 6.45) is 0.690. The third kappa shape index (κ3) is 2.45. The van der Waals surface area contributed by atoms with Gasteiger partial charge in [0.05, 0.1) is 16.9 Å². The lowest BCUT2D eigenvalue weighted by Gasteiger charge is -2.28. The molecule has 1 aliphatic rings. The second-order valence-corrected chi connectivity index (χ2v) is 4.74. The lowest BCUT2D eigenvalue weighted by molar-refractivity contribution is -0.380. The van der Waals surface area contributed by atoms with Gasteiger partial charge in [0.1, 0.15) is 0 Å². The number of aliphatic carboxylic acids is 1. The molecule has 1 N–H and O–H groups in total. The lowest BCUT2D eigenvalue weighted by atomic mass is 9.91. The number of thiophene rings is 1. The summed E-state index contributed by atoms with van der Waals surface area (Å²) in [7, 11) is 0. The summed E-state index contributed by atoms with van der Waals surface area (Å²) in [5, 5.41) is 21.3. The fraction of sp³-hybridized carbons (Fsp3) is 0.500. The summed E-state index contributed by atoms with van der Waals surface area (Å²) in [6.45, 7) is 0.498. The fourth-order valence-corrected chi connectivity index (χ4v) is 2.70. The first-order valence-corrected chi connectivity index (χ1v) is 6.05. The molecule has 0 amide bonds. The minimum absolute atomic E-state index is 0.0123. The molecule has 0 aromatic carbocycles. The molecule has 1 aromatic heterocycles. The molecule has 1 fully saturated rings. The molecule has 6 nitrogen and oxygen atoms in total. The second-order valence-electron chi connectivity index (χ2n) is 3.85. The maximum Gasteiger partial charge on any atom is 0.324 e. The van der Waals surface area contributed by atoms with Crippen molar-refractivity contribution in [1.82, 2.24) is 0 Å². The maximum absolute atomic E-state index is 11.1. The Labute approximate surface area is 101 Å². The zero-order chi connectivity index (χ0) is 12.4. The minimum atomic E-state index is -0.913. The van der Waals surface area contributed by atoms with E-state index in [1.54, 1.807) is 5.38 Å². The van der Waals surface area contributed by atoms with E-state index in [-0.39, 0.29) is 5.00 Å². The zero-order valence-corrected chi connectivity index (χ0v) is 9.68. The van der Waals surface area contributed by atoms with Gasteiger partial charge in [-0.2, -0.15) is 0 Å². The van der Waals surface area contributed by atoms with Gasteiger partial charge < -0.3 is 9.84 Å². The van der Waals surface area contributed by atoms with E-state index >= 15 is 0 Å². The van der Waals surface area contributed by atoms with E-state index < -0.39 is 22.9 Å². The molecule has 17 heavy (non-hydrogen) atoms. The molecule has 1 aromatic rings. The highest BCUT2D eigenvalue weighted by Crippen LogP contribution is 2.37. The molecule has 0 bridgehead atoms. The number of nitro groups is 1. The van der Waals surface area contributed by atoms with Gasteiger partial charge in [0.15, 0.2) is 0 Å². The normalized spacial score (nSPS) is 24.5. The molecule has 2 heterocycles. The Kier molecular flexibility index (Phi) is 3.39. The van der Waals surface area contributed by atoms with E-state index in [2.05, 4.69) is 0 Å². The van der Waals surface area contributed by atoms with Gasteiger partial charge in [0.25, 0.3) is 0 Å². The molecule has 1 saturated heterocycles. The monoisotopic (exact) mass is 257 g/mol. The molecule has 2 atom stereocenters. The van der Waals surface area contributed by atoms with Crippen LogP contribution in [-0.4, -0.2) is 22.6 Å². The number of hydrogen-bond acceptors (Lipinski definition) is 5. The van der Waals surface area contributed by atoms with E-state index in [4.69, 9.17) is 9.84 Å². The summed E-state index contributed by atoms with van der Waals surface area (Å²) >= 11 is 0.993. The van der Waals surface area contributed by atoms with Gasteiger partial charge >= 0.3 is 11.0 Å². The Bertz CT molecular complexity index is 444. The van der Waals surface area contributed by atoms with Crippen LogP contribution in [0, 0.1) is 16.0 Å². The summed E-state index contributed by atoms with van der Waals surface area (Å²) in [5.74, 6) is -1.53. The quantitative estimate of drug-likeness (QED) is 0.662. The van der Waals surface area contributed by atoms with Gasteiger partial charge in [-0.3, -0.25) is 14.9 Å². The van der Waals surface area contributed by atoms with E-state index in [0.717, 1.165) is 11.3 Å². The molecule has 2 unspecified atom stereocenters. The highest BCUT2D eigenvalue weighted by Gasteiger charge is 2.34. The van der Waals surface area contributed by atoms with Crippen LogP contribution in [0.15, 0.2) is 11.4 Å². The molecule has 0 aliphatic carbocycles. The van der Waals surface area contributed by atoms with Gasteiger partial charge in [0, 0.05) is 18.1 Å². The van der Waals surface area contributed by atoms with Gasteiger partial charge in [-0.15, -0.1) is 0 Å². The van der Waals surface area contributed by atoms with Crippen LogP contribution in [0.2, 0.25) is 0 Å². The summed E-state index contributed by atoms with van der Waals surface area (Å²) in [4.78, 5) is 21.2. The number of rotatable bonds is 3. The van der Waals surface area contributed by atoms with Gasteiger partial charge in [-0.1, -0.05) is 11.3 Å². The number of carboxylic acid groups (broad SMARTS) is 1. The van der Waals surface area contributed by atoms with Crippen molar-refractivity contribution in [2.24, 2.45) is 5.92 Å². The van der Waals surface area contributed by atoms with Crippen molar-refractivity contribution >= 4 is 22.3 Å². The first-order chi connectivity index (χ1) is 8.09. The van der Waals surface area contributed by atoms with Crippen molar-refractivity contribution in [3.8, 4) is 0 Å². The van der Waals surface area contributed by atoms with Crippen LogP contribution in [0.4, 0.5) is 5.00 Å². The molecule has 0 spiro atoms. The van der Waals surface area contributed by atoms with Gasteiger partial charge in [0.2, 0.25) is 0 Å². The van der Waals surface area contributed by atoms with E-state index in [1.807, 2.05) is 0 Å². The van der Waals surface area contributed by atoms with Crippen LogP contribution in [0.1, 0.15) is 24.5 Å². The zero-order valence-electron chi connectivity index (χ0n) is 8.87. The van der Waals surface area contributed by atoms with Crippen LogP contribution in [0.25, 0.3) is 0 Å². The van der Waals surface area contributed by atoms with Crippen LogP contribution in [-0.2, 0) is 9.53 Å². The number of carboxylic acids is 1. The molecular weight excluding hydrogens is 246 g/mol. The number of ether oxygens (including phenoxy) is 1. The van der Waals surface area contributed by atoms with Gasteiger partial charge in [-0.05, 0) is 18.4 Å². The Hall–Kier alpha value is -1.47. The first-order valence-electron chi connectivity index (χ1n) is 5.17. The number of carbonyl (C=O) groups is 1. The standard InChI is InChI=1S/C10H11NO5S/c12-10(13)7-2-1-3-16-9(7)6-4-8(11(14)15)17-5-6/h4-5,7,9H,1-3H2,(H,12,13). The van der Waals surface area contributed by atoms with Crippen LogP contribution >= 0.6 is 11.3 Å². The van der Waals surface area contributed by atoms with Crippen molar-refractivity contribution in [2.75, 3.05) is 6.61 Å². The van der Waals surface area contributed by atoms with Crippen molar-refractivity contribution in [3.63, 3.8) is 0 Å². The molecule has 0 radical (unpaired) electrons. The minimum Gasteiger partial charge on any atom is -0.481 e. The van der Waals surface area contributed by atoms with E-state index in [9.17, 15) is 14.9 Å². The van der Waals surface area contributed by atoms with Crippen LogP contribution < -0.4 is 0 Å². The summed E-state index contributed by atoms with van der Waals surface area (Å²) in [6, 6.07) is 1.40. The maximum atomic E-state index is 11.1. The molecule has 0 saturated carbocycles. The van der Waals surface area contributed by atoms with Crippen molar-refractivity contribution in [1.29, 1.82) is 0 Å². The summed E-state index contributed by atoms with van der Waals surface area (Å²) < 4.78 is 5.43. The largest absolute Gasteiger partial charge is 0.481 e. The van der Waals surface area contributed by atoms with Crippen LogP contribution in [0.3, 0.4) is 0 Å². The van der Waals surface area contributed by atoms with Crippen molar-refractivity contribution < 1.29 is 19.6 Å². The highest BCUT2D eigenvalue weighted by molar-refractivity contribution is 7.13. The highest BCUT2D eigenvalue weighted by atomic mass is 32.1. The molecule has 2 rings (SSSR count). The topological polar surface area (TPSA) is 89.7 Å². The fourth-order valence-electron chi connectivity index (χ4n) is 1.95. The average Bonchev–Trinajstić information content (AvgIpc) is 2.78. The second kappa shape index (κ2) is 4.80. The first kappa shape index (κ1) is 12.0. The van der Waals surface area contributed by atoms with Crippen molar-refractivity contribution in [3.05, 3.63) is 27.1 Å². The predicted molar refractivity (Wildman–Crippen MR) is 60.0 cm³/mol. The molecule has 92 valence electrons. The average molecular weight is 257 g/mol. The summed E-state index contributed by atoms with van der Waals surface area (Å²) in [5.41, 5.74) is 0.591. The third-order valence-electron chi connectivity index (χ3n) is 2.75. The van der Waals surface area contributed by atoms with Crippen LogP contribution in [0.5, 0.6) is 0 Å². The lowest BCUT2D eigenvalue weighted by Crippen LogP contribution is -2.28. The molecular formula is C10H11NO5S. The Morgan fingerprint density at radius 1 is 1.65 bits per heavy atom. The van der Waals surface area contributed by atoms with E-state index in [1.165, 1.54) is 6.07 Å². The number of hydrogen-bond donors (Lipinski definition) is 1. The van der Waals surface area contributed by atoms with E-state index in [0.29, 0.717) is 25.0 Å². The predicted octanol–water partition coefficient (Wildman–Crippen LogP) is 2.21. The Balaban J connectivity index is 2.23. The Morgan fingerprint density at radius 3 is 3.00 bits per heavy atom. The molecule has 1 aliphatic heterocycles. The number of nitrogens with zero attached hydrogens (tertiary/aromatic N) is 1. The Morgan fingerprint density at radius 2 is 2.41 bits per heavy atom. The smallest absolute Gasteiger partial charge is 0.324 e. The molecule has 7 heteroatoms. The van der Waals surface area contributed by atoms with Crippen molar-refractivity contribution in [2.45, 2.75) is 18.9 Å². The third-order valence-corrected chi connectivity index (χ3v) is 3.65. The van der Waals surface area contributed by atoms with Gasteiger partial charge in [-0.25, -0.2) is 0 Å².